The Hall–Kier alpha value is -3.66. The molecule has 262 valence electrons. The number of nitrogens with zero attached hydrogens (tertiary/aromatic N) is 6. The van der Waals surface area contributed by atoms with E-state index in [-0.39, 0.29) is 63.3 Å². The first-order valence-corrected chi connectivity index (χ1v) is 15.5. The summed E-state index contributed by atoms with van der Waals surface area (Å²) < 4.78 is 26.5. The van der Waals surface area contributed by atoms with E-state index in [1.54, 1.807) is 20.8 Å². The molecular weight excluding hydrogens is 606 g/mol. The van der Waals surface area contributed by atoms with Gasteiger partial charge in [-0.25, -0.2) is 4.79 Å². The van der Waals surface area contributed by atoms with Gasteiger partial charge in [0.2, 0.25) is 17.7 Å². The lowest BCUT2D eigenvalue weighted by molar-refractivity contribution is -0.159. The highest BCUT2D eigenvalue weighted by Gasteiger charge is 2.26. The van der Waals surface area contributed by atoms with E-state index in [1.165, 1.54) is 0 Å². The molecule has 0 aliphatic carbocycles. The third-order valence-electron chi connectivity index (χ3n) is 5.66. The molecule has 3 N–H and O–H groups in total. The van der Waals surface area contributed by atoms with Crippen molar-refractivity contribution in [3.8, 4) is 0 Å². The van der Waals surface area contributed by atoms with Crippen LogP contribution in [0.15, 0.2) is 10.2 Å². The number of esters is 1. The fourth-order valence-corrected chi connectivity index (χ4v) is 3.52. The maximum Gasteiger partial charge on any atom is 0.329 e. The van der Waals surface area contributed by atoms with Crippen LogP contribution in [0, 0.1) is 0 Å². The fraction of sp³-hybridized carbons (Fsp3) is 0.857. The zero-order chi connectivity index (χ0) is 34.3. The summed E-state index contributed by atoms with van der Waals surface area (Å²) in [5.41, 5.74) is 15.6. The maximum atomic E-state index is 12.7. The van der Waals surface area contributed by atoms with Crippen LogP contribution in [0.1, 0.15) is 65.7 Å². The first-order valence-electron chi connectivity index (χ1n) is 15.5. The van der Waals surface area contributed by atoms with Gasteiger partial charge in [0, 0.05) is 55.3 Å². The van der Waals surface area contributed by atoms with Crippen LogP contribution in [0.5, 0.6) is 0 Å². The molecule has 1 unspecified atom stereocenters. The second-order valence-electron chi connectivity index (χ2n) is 10.8. The zero-order valence-corrected chi connectivity index (χ0v) is 27.4. The van der Waals surface area contributed by atoms with Crippen LogP contribution in [0.4, 0.5) is 0 Å². The molecule has 0 rings (SSSR count). The molecule has 0 spiro atoms. The van der Waals surface area contributed by atoms with E-state index >= 15 is 0 Å². The van der Waals surface area contributed by atoms with Crippen molar-refractivity contribution in [1.29, 1.82) is 0 Å². The second-order valence-corrected chi connectivity index (χ2v) is 10.8. The van der Waals surface area contributed by atoms with Gasteiger partial charge in [-0.1, -0.05) is 10.2 Å². The van der Waals surface area contributed by atoms with Crippen molar-refractivity contribution in [2.75, 3.05) is 79.0 Å². The third-order valence-corrected chi connectivity index (χ3v) is 5.66. The smallest absolute Gasteiger partial charge is 0.329 e. The predicted octanol–water partition coefficient (Wildman–Crippen LogP) is 2.46. The van der Waals surface area contributed by atoms with E-state index in [0.717, 1.165) is 0 Å². The van der Waals surface area contributed by atoms with Gasteiger partial charge in [0.1, 0.15) is 11.6 Å². The summed E-state index contributed by atoms with van der Waals surface area (Å²) in [5.74, 6) is -1.23. The summed E-state index contributed by atoms with van der Waals surface area (Å²) in [5, 5.41) is 15.0. The Morgan fingerprint density at radius 3 is 1.61 bits per heavy atom. The van der Waals surface area contributed by atoms with E-state index < -0.39 is 17.6 Å². The van der Waals surface area contributed by atoms with E-state index in [0.29, 0.717) is 78.4 Å². The minimum atomic E-state index is -0.834. The molecule has 0 aliphatic heterocycles. The molecular formula is C28H51N9O9. The lowest BCUT2D eigenvalue weighted by atomic mass is 10.1. The molecule has 3 amide bonds. The van der Waals surface area contributed by atoms with Crippen molar-refractivity contribution in [1.82, 2.24) is 16.0 Å². The van der Waals surface area contributed by atoms with Crippen molar-refractivity contribution in [3.63, 3.8) is 0 Å². The number of amides is 3. The molecule has 0 bridgehead atoms. The maximum absolute atomic E-state index is 12.7. The number of nitrogens with one attached hydrogen (secondary N) is 3. The quantitative estimate of drug-likeness (QED) is 0.0351. The van der Waals surface area contributed by atoms with Gasteiger partial charge in [-0.2, -0.15) is 0 Å². The molecule has 0 aromatic rings. The molecule has 0 aromatic heterocycles. The van der Waals surface area contributed by atoms with E-state index in [2.05, 4.69) is 36.0 Å². The number of carbonyl (C=O) groups is 4. The molecule has 0 aliphatic rings. The molecule has 1 atom stereocenters. The van der Waals surface area contributed by atoms with E-state index in [1.807, 2.05) is 0 Å². The minimum absolute atomic E-state index is 0.114. The van der Waals surface area contributed by atoms with Crippen molar-refractivity contribution in [3.05, 3.63) is 20.9 Å². The van der Waals surface area contributed by atoms with Gasteiger partial charge >= 0.3 is 5.97 Å². The SMILES string of the molecule is CC(C)(C)OC(=O)C(CCCCNC(=O)CCOCCOCCN=[N+]=[N-])NC(=O)CCCNC(=O)CCOCCOCCN=[N+]=[N-]. The number of carbonyl (C=O) groups excluding carboxylic acids is 4. The molecule has 0 radical (unpaired) electrons. The lowest BCUT2D eigenvalue weighted by Crippen LogP contribution is -2.44. The van der Waals surface area contributed by atoms with Gasteiger partial charge in [-0.15, -0.1) is 0 Å². The van der Waals surface area contributed by atoms with E-state index in [4.69, 9.17) is 34.7 Å². The van der Waals surface area contributed by atoms with Crippen molar-refractivity contribution < 1.29 is 42.9 Å². The summed E-state index contributed by atoms with van der Waals surface area (Å²) in [6.07, 6.45) is 2.37. The highest BCUT2D eigenvalue weighted by molar-refractivity contribution is 5.84. The summed E-state index contributed by atoms with van der Waals surface area (Å²) in [4.78, 5) is 54.5. The van der Waals surface area contributed by atoms with Crippen LogP contribution in [-0.2, 0) is 42.9 Å². The van der Waals surface area contributed by atoms with Crippen LogP contribution >= 0.6 is 0 Å². The topological polar surface area (TPSA) is 248 Å². The van der Waals surface area contributed by atoms with Gasteiger partial charge in [-0.3, -0.25) is 14.4 Å². The number of unbranched alkanes of at least 4 members (excludes halogenated alkanes) is 1. The van der Waals surface area contributed by atoms with Crippen LogP contribution < -0.4 is 16.0 Å². The van der Waals surface area contributed by atoms with Gasteiger partial charge in [-0.05, 0) is 57.5 Å². The Kier molecular flexibility index (Phi) is 26.5. The summed E-state index contributed by atoms with van der Waals surface area (Å²) >= 11 is 0. The van der Waals surface area contributed by atoms with Crippen molar-refractivity contribution in [2.24, 2.45) is 10.2 Å². The number of hydrogen-bond acceptors (Lipinski definition) is 11. The average Bonchev–Trinajstić information content (AvgIpc) is 3.00. The lowest BCUT2D eigenvalue weighted by Gasteiger charge is -2.24. The van der Waals surface area contributed by atoms with Crippen molar-refractivity contribution >= 4 is 23.7 Å². The largest absolute Gasteiger partial charge is 0.458 e. The summed E-state index contributed by atoms with van der Waals surface area (Å²) in [6, 6.07) is -0.834. The van der Waals surface area contributed by atoms with Crippen LogP contribution in [0.3, 0.4) is 0 Å². The molecule has 0 heterocycles. The fourth-order valence-electron chi connectivity index (χ4n) is 3.52. The third kappa shape index (κ3) is 29.1. The molecule has 18 nitrogen and oxygen atoms in total. The number of azide groups is 2. The van der Waals surface area contributed by atoms with E-state index in [9.17, 15) is 19.2 Å². The zero-order valence-electron chi connectivity index (χ0n) is 27.4. The molecule has 46 heavy (non-hydrogen) atoms. The normalized spacial score (nSPS) is 11.5. The molecule has 0 saturated carbocycles. The molecule has 0 fully saturated rings. The van der Waals surface area contributed by atoms with Crippen LogP contribution in [0.25, 0.3) is 20.9 Å². The van der Waals surface area contributed by atoms with Crippen molar-refractivity contribution in [2.45, 2.75) is 77.4 Å². The Bertz CT molecular complexity index is 967. The first-order chi connectivity index (χ1) is 22.1. The second kappa shape index (κ2) is 28.8. The highest BCUT2D eigenvalue weighted by atomic mass is 16.6. The van der Waals surface area contributed by atoms with Gasteiger partial charge < -0.3 is 39.6 Å². The van der Waals surface area contributed by atoms with Crippen LogP contribution in [-0.4, -0.2) is 114 Å². The standard InChI is InChI=1S/C28H51N9O9/c1-28(2,3)46-27(41)23(7-4-5-11-31-24(38)9-15-42-19-21-44-17-13-33-36-29)35-26(40)8-6-12-32-25(39)10-16-43-20-22-45-18-14-34-37-30/h23H,4-22H2,1-3H3,(H,31,38)(H,32,39)(H,35,40). The Morgan fingerprint density at radius 2 is 1.13 bits per heavy atom. The monoisotopic (exact) mass is 657 g/mol. The number of rotatable bonds is 29. The minimum Gasteiger partial charge on any atom is -0.458 e. The Labute approximate surface area is 270 Å². The number of hydrogen-bond donors (Lipinski definition) is 3. The molecule has 0 saturated heterocycles. The average molecular weight is 658 g/mol. The van der Waals surface area contributed by atoms with Gasteiger partial charge in [0.15, 0.2) is 0 Å². The predicted molar refractivity (Wildman–Crippen MR) is 167 cm³/mol. The Balaban J connectivity index is 4.19. The van der Waals surface area contributed by atoms with Gasteiger partial charge in [0.05, 0.1) is 52.9 Å². The number of ether oxygens (including phenoxy) is 5. The van der Waals surface area contributed by atoms with Gasteiger partial charge in [0.25, 0.3) is 0 Å². The Morgan fingerprint density at radius 1 is 0.652 bits per heavy atom. The highest BCUT2D eigenvalue weighted by Crippen LogP contribution is 2.12. The molecule has 18 heteroatoms. The first kappa shape index (κ1) is 42.3. The summed E-state index contributed by atoms with van der Waals surface area (Å²) in [6.45, 7) is 8.85. The van der Waals surface area contributed by atoms with Crippen LogP contribution in [0.2, 0.25) is 0 Å². The molecule has 0 aromatic carbocycles. The summed E-state index contributed by atoms with van der Waals surface area (Å²) in [7, 11) is 0.